The second-order valence-electron chi connectivity index (χ2n) is 6.35. The van der Waals surface area contributed by atoms with E-state index in [0.717, 1.165) is 29.7 Å². The molecule has 0 aliphatic rings. The zero-order valence-electron chi connectivity index (χ0n) is 12.5. The number of nitrogens with one attached hydrogen (secondary N) is 1. The number of nitrogens with zero attached hydrogens (tertiary/aromatic N) is 1. The maximum absolute atomic E-state index is 6.18. The quantitative estimate of drug-likeness (QED) is 0.870. The van der Waals surface area contributed by atoms with Gasteiger partial charge >= 0.3 is 0 Å². The van der Waals surface area contributed by atoms with Crippen LogP contribution in [-0.2, 0) is 5.41 Å². The molecule has 0 bridgehead atoms. The molecule has 104 valence electrons. The fraction of sp³-hybridized carbons (Fsp3) is 0.562. The van der Waals surface area contributed by atoms with Crippen molar-refractivity contribution < 1.29 is 0 Å². The molecule has 0 radical (unpaired) electrons. The molecule has 0 aliphatic heterocycles. The van der Waals surface area contributed by atoms with Gasteiger partial charge in [-0.25, -0.2) is 4.98 Å². The maximum atomic E-state index is 6.18. The topological polar surface area (TPSA) is 54.7 Å². The molecular weight excluding hydrogens is 234 g/mol. The van der Waals surface area contributed by atoms with Gasteiger partial charge in [0.25, 0.3) is 0 Å². The van der Waals surface area contributed by atoms with Crippen molar-refractivity contribution in [3.63, 3.8) is 0 Å². The molecule has 3 nitrogen and oxygen atoms in total. The number of aromatic nitrogens is 2. The van der Waals surface area contributed by atoms with Crippen LogP contribution < -0.4 is 5.73 Å². The number of hydrogen-bond donors (Lipinski definition) is 2. The highest BCUT2D eigenvalue weighted by molar-refractivity contribution is 5.76. The molecule has 0 aliphatic carbocycles. The summed E-state index contributed by atoms with van der Waals surface area (Å²) >= 11 is 0. The Morgan fingerprint density at radius 1 is 1.32 bits per heavy atom. The van der Waals surface area contributed by atoms with Crippen molar-refractivity contribution in [1.29, 1.82) is 0 Å². The Bertz CT molecular complexity index is 549. The van der Waals surface area contributed by atoms with Crippen LogP contribution in [0.2, 0.25) is 0 Å². The number of benzene rings is 1. The van der Waals surface area contributed by atoms with Crippen LogP contribution in [0, 0.1) is 0 Å². The van der Waals surface area contributed by atoms with Gasteiger partial charge in [-0.2, -0.15) is 0 Å². The molecule has 19 heavy (non-hydrogen) atoms. The molecule has 0 saturated heterocycles. The highest BCUT2D eigenvalue weighted by Gasteiger charge is 2.16. The van der Waals surface area contributed by atoms with Crippen molar-refractivity contribution in [2.75, 3.05) is 0 Å². The first-order valence-electron chi connectivity index (χ1n) is 7.17. The van der Waals surface area contributed by atoms with Crippen molar-refractivity contribution in [3.8, 4) is 0 Å². The van der Waals surface area contributed by atoms with E-state index in [1.807, 2.05) is 0 Å². The molecule has 0 fully saturated rings. The number of imidazole rings is 1. The average Bonchev–Trinajstić information content (AvgIpc) is 2.77. The van der Waals surface area contributed by atoms with Crippen molar-refractivity contribution in [2.24, 2.45) is 5.73 Å². The van der Waals surface area contributed by atoms with E-state index in [1.165, 1.54) is 12.0 Å². The lowest BCUT2D eigenvalue weighted by Gasteiger charge is -2.18. The number of unbranched alkanes of at least 4 members (excludes halogenated alkanes) is 1. The van der Waals surface area contributed by atoms with Crippen LogP contribution in [0.25, 0.3) is 11.0 Å². The number of nitrogens with two attached hydrogens (primary N) is 1. The third-order valence-electron chi connectivity index (χ3n) is 3.59. The van der Waals surface area contributed by atoms with Crippen LogP contribution in [0.3, 0.4) is 0 Å². The smallest absolute Gasteiger partial charge is 0.124 e. The molecular formula is C16H25N3. The molecule has 1 heterocycles. The van der Waals surface area contributed by atoms with Gasteiger partial charge in [-0.05, 0) is 29.5 Å². The van der Waals surface area contributed by atoms with Gasteiger partial charge in [0.05, 0.1) is 17.1 Å². The summed E-state index contributed by atoms with van der Waals surface area (Å²) in [5.41, 5.74) is 9.73. The fourth-order valence-corrected chi connectivity index (χ4v) is 2.23. The van der Waals surface area contributed by atoms with E-state index in [0.29, 0.717) is 0 Å². The minimum absolute atomic E-state index is 0.0189. The lowest BCUT2D eigenvalue weighted by atomic mass is 9.87. The number of rotatable bonds is 4. The second-order valence-corrected chi connectivity index (χ2v) is 6.35. The molecule has 0 unspecified atom stereocenters. The number of hydrogen-bond acceptors (Lipinski definition) is 2. The molecule has 1 aromatic carbocycles. The molecule has 1 atom stereocenters. The summed E-state index contributed by atoms with van der Waals surface area (Å²) in [5, 5.41) is 0. The van der Waals surface area contributed by atoms with Crippen LogP contribution in [-0.4, -0.2) is 9.97 Å². The van der Waals surface area contributed by atoms with E-state index < -0.39 is 0 Å². The van der Waals surface area contributed by atoms with Gasteiger partial charge in [-0.15, -0.1) is 0 Å². The monoisotopic (exact) mass is 259 g/mol. The van der Waals surface area contributed by atoms with Crippen LogP contribution in [0.5, 0.6) is 0 Å². The van der Waals surface area contributed by atoms with Crippen molar-refractivity contribution in [3.05, 3.63) is 29.6 Å². The molecule has 1 aromatic heterocycles. The average molecular weight is 259 g/mol. The fourth-order valence-electron chi connectivity index (χ4n) is 2.23. The Morgan fingerprint density at radius 2 is 2.05 bits per heavy atom. The molecule has 3 heteroatoms. The zero-order chi connectivity index (χ0) is 14.0. The minimum atomic E-state index is 0.0189. The van der Waals surface area contributed by atoms with E-state index in [1.54, 1.807) is 0 Å². The summed E-state index contributed by atoms with van der Waals surface area (Å²) in [7, 11) is 0. The predicted octanol–water partition coefficient (Wildman–Crippen LogP) is 4.05. The molecule has 0 saturated carbocycles. The van der Waals surface area contributed by atoms with Crippen LogP contribution in [0.4, 0.5) is 0 Å². The number of fused-ring (bicyclic) bond motifs is 1. The first-order chi connectivity index (χ1) is 8.91. The Labute approximate surface area is 115 Å². The van der Waals surface area contributed by atoms with Crippen molar-refractivity contribution in [1.82, 2.24) is 9.97 Å². The van der Waals surface area contributed by atoms with Gasteiger partial charge in [0.1, 0.15) is 5.82 Å². The van der Waals surface area contributed by atoms with Crippen LogP contribution >= 0.6 is 0 Å². The summed E-state index contributed by atoms with van der Waals surface area (Å²) in [6, 6.07) is 6.47. The summed E-state index contributed by atoms with van der Waals surface area (Å²) in [5.74, 6) is 0.912. The summed E-state index contributed by atoms with van der Waals surface area (Å²) in [4.78, 5) is 8.01. The zero-order valence-corrected chi connectivity index (χ0v) is 12.5. The largest absolute Gasteiger partial charge is 0.341 e. The standard InChI is InChI=1S/C16H25N3/c1-5-6-7-12(17)15-18-13-9-8-11(16(2,3)4)10-14(13)19-15/h8-10,12H,5-7,17H2,1-4H3,(H,18,19)/t12-/m0/s1. The molecule has 3 N–H and O–H groups in total. The predicted molar refractivity (Wildman–Crippen MR) is 81.2 cm³/mol. The Hall–Kier alpha value is -1.35. The first kappa shape index (κ1) is 14.1. The number of H-pyrrole nitrogens is 1. The Balaban J connectivity index is 2.30. The lowest BCUT2D eigenvalue weighted by molar-refractivity contribution is 0.581. The normalized spacial score (nSPS) is 13.9. The van der Waals surface area contributed by atoms with Crippen LogP contribution in [0.1, 0.15) is 64.4 Å². The lowest BCUT2D eigenvalue weighted by Crippen LogP contribution is -2.11. The third-order valence-corrected chi connectivity index (χ3v) is 3.59. The van der Waals surface area contributed by atoms with Crippen LogP contribution in [0.15, 0.2) is 18.2 Å². The van der Waals surface area contributed by atoms with Gasteiger partial charge in [-0.1, -0.05) is 46.6 Å². The van der Waals surface area contributed by atoms with Gasteiger partial charge in [0.2, 0.25) is 0 Å². The Kier molecular flexibility index (Phi) is 3.95. The third kappa shape index (κ3) is 3.16. The van der Waals surface area contributed by atoms with Crippen molar-refractivity contribution in [2.45, 2.75) is 58.4 Å². The summed E-state index contributed by atoms with van der Waals surface area (Å²) < 4.78 is 0. The Morgan fingerprint density at radius 3 is 2.68 bits per heavy atom. The molecule has 0 amide bonds. The van der Waals surface area contributed by atoms with Gasteiger partial charge in [-0.3, -0.25) is 0 Å². The highest BCUT2D eigenvalue weighted by Crippen LogP contribution is 2.26. The van der Waals surface area contributed by atoms with Gasteiger partial charge in [0, 0.05) is 0 Å². The minimum Gasteiger partial charge on any atom is -0.341 e. The van der Waals surface area contributed by atoms with Gasteiger partial charge < -0.3 is 10.7 Å². The first-order valence-corrected chi connectivity index (χ1v) is 7.17. The SMILES string of the molecule is CCCC[C@H](N)c1nc2cc(C(C)(C)C)ccc2[nH]1. The van der Waals surface area contributed by atoms with E-state index in [4.69, 9.17) is 5.73 Å². The second kappa shape index (κ2) is 5.33. The summed E-state index contributed by atoms with van der Waals surface area (Å²) in [6.07, 6.45) is 3.30. The van der Waals surface area contributed by atoms with E-state index in [2.05, 4.69) is 55.9 Å². The van der Waals surface area contributed by atoms with E-state index in [9.17, 15) is 0 Å². The molecule has 2 aromatic rings. The maximum Gasteiger partial charge on any atom is 0.124 e. The molecule has 0 spiro atoms. The number of aromatic amines is 1. The molecule has 2 rings (SSSR count). The van der Waals surface area contributed by atoms with Gasteiger partial charge in [0.15, 0.2) is 0 Å². The van der Waals surface area contributed by atoms with E-state index >= 15 is 0 Å². The highest BCUT2D eigenvalue weighted by atomic mass is 15.0. The van der Waals surface area contributed by atoms with E-state index in [-0.39, 0.29) is 11.5 Å². The van der Waals surface area contributed by atoms with Crippen molar-refractivity contribution >= 4 is 11.0 Å². The summed E-state index contributed by atoms with van der Waals surface area (Å²) in [6.45, 7) is 8.83.